The summed E-state index contributed by atoms with van der Waals surface area (Å²) in [5, 5.41) is 13.8. The standard InChI is InChI=1S/C17H18ClNO2/c1-21-17-8-6-12(9-15(17)18)19-16-4-2-3-11-5-7-13(20)10-14(11)16/h5-10,16,19-20H,2-4H2,1H3. The smallest absolute Gasteiger partial charge is 0.137 e. The third kappa shape index (κ3) is 2.93. The Balaban J connectivity index is 1.86. The molecule has 2 aromatic carbocycles. The van der Waals surface area contributed by atoms with E-state index in [2.05, 4.69) is 5.32 Å². The molecule has 0 aliphatic heterocycles. The van der Waals surface area contributed by atoms with Gasteiger partial charge in [0, 0.05) is 5.69 Å². The van der Waals surface area contributed by atoms with Crippen molar-refractivity contribution in [3.05, 3.63) is 52.5 Å². The highest BCUT2D eigenvalue weighted by molar-refractivity contribution is 6.32. The highest BCUT2D eigenvalue weighted by atomic mass is 35.5. The monoisotopic (exact) mass is 303 g/mol. The number of benzene rings is 2. The minimum absolute atomic E-state index is 0.199. The summed E-state index contributed by atoms with van der Waals surface area (Å²) < 4.78 is 5.17. The molecular formula is C17H18ClNO2. The van der Waals surface area contributed by atoms with E-state index in [-0.39, 0.29) is 6.04 Å². The van der Waals surface area contributed by atoms with Crippen molar-refractivity contribution in [2.45, 2.75) is 25.3 Å². The van der Waals surface area contributed by atoms with Crippen LogP contribution in [-0.2, 0) is 6.42 Å². The summed E-state index contributed by atoms with van der Waals surface area (Å²) in [5.41, 5.74) is 3.44. The topological polar surface area (TPSA) is 41.5 Å². The second-order valence-corrected chi connectivity index (χ2v) is 5.73. The fraction of sp³-hybridized carbons (Fsp3) is 0.294. The van der Waals surface area contributed by atoms with Crippen LogP contribution in [0.5, 0.6) is 11.5 Å². The van der Waals surface area contributed by atoms with Crippen molar-refractivity contribution in [1.29, 1.82) is 0 Å². The molecule has 3 nitrogen and oxygen atoms in total. The van der Waals surface area contributed by atoms with Gasteiger partial charge in [-0.25, -0.2) is 0 Å². The van der Waals surface area contributed by atoms with Gasteiger partial charge in [0.2, 0.25) is 0 Å². The van der Waals surface area contributed by atoms with Crippen LogP contribution >= 0.6 is 11.6 Å². The second-order valence-electron chi connectivity index (χ2n) is 5.32. The van der Waals surface area contributed by atoms with Crippen LogP contribution in [0.2, 0.25) is 5.02 Å². The molecule has 2 N–H and O–H groups in total. The van der Waals surface area contributed by atoms with E-state index in [1.165, 1.54) is 11.1 Å². The van der Waals surface area contributed by atoms with E-state index >= 15 is 0 Å². The Morgan fingerprint density at radius 3 is 2.86 bits per heavy atom. The van der Waals surface area contributed by atoms with Crippen molar-refractivity contribution in [3.8, 4) is 11.5 Å². The Labute approximate surface area is 129 Å². The number of methoxy groups -OCH3 is 1. The zero-order chi connectivity index (χ0) is 14.8. The number of nitrogens with one attached hydrogen (secondary N) is 1. The average Bonchev–Trinajstić information content (AvgIpc) is 2.48. The second kappa shape index (κ2) is 5.86. The summed E-state index contributed by atoms with van der Waals surface area (Å²) in [6.07, 6.45) is 3.25. The van der Waals surface area contributed by atoms with E-state index in [0.29, 0.717) is 16.5 Å². The van der Waals surface area contributed by atoms with Gasteiger partial charge in [0.25, 0.3) is 0 Å². The van der Waals surface area contributed by atoms with Gasteiger partial charge >= 0.3 is 0 Å². The van der Waals surface area contributed by atoms with Crippen molar-refractivity contribution in [3.63, 3.8) is 0 Å². The van der Waals surface area contributed by atoms with E-state index < -0.39 is 0 Å². The molecule has 1 aliphatic rings. The number of aryl methyl sites for hydroxylation is 1. The molecule has 0 saturated heterocycles. The molecule has 0 spiro atoms. The number of halogens is 1. The molecule has 4 heteroatoms. The van der Waals surface area contributed by atoms with Crippen LogP contribution in [0.4, 0.5) is 5.69 Å². The van der Waals surface area contributed by atoms with Crippen molar-refractivity contribution < 1.29 is 9.84 Å². The molecule has 0 radical (unpaired) electrons. The molecule has 0 amide bonds. The number of anilines is 1. The normalized spacial score (nSPS) is 17.1. The lowest BCUT2D eigenvalue weighted by molar-refractivity contribution is 0.415. The van der Waals surface area contributed by atoms with Gasteiger partial charge in [-0.15, -0.1) is 0 Å². The van der Waals surface area contributed by atoms with Gasteiger partial charge in [0.05, 0.1) is 18.2 Å². The fourth-order valence-corrected chi connectivity index (χ4v) is 3.15. The Morgan fingerprint density at radius 1 is 1.24 bits per heavy atom. The van der Waals surface area contributed by atoms with Crippen LogP contribution in [0.1, 0.15) is 30.0 Å². The molecule has 110 valence electrons. The Kier molecular flexibility index (Phi) is 3.93. The predicted molar refractivity (Wildman–Crippen MR) is 85.4 cm³/mol. The number of hydrogen-bond donors (Lipinski definition) is 2. The molecule has 0 heterocycles. The van der Waals surface area contributed by atoms with Crippen molar-refractivity contribution >= 4 is 17.3 Å². The van der Waals surface area contributed by atoms with Gasteiger partial charge in [-0.3, -0.25) is 0 Å². The summed E-state index contributed by atoms with van der Waals surface area (Å²) in [4.78, 5) is 0. The zero-order valence-corrected chi connectivity index (χ0v) is 12.7. The molecular weight excluding hydrogens is 286 g/mol. The molecule has 1 atom stereocenters. The molecule has 0 fully saturated rings. The molecule has 0 saturated carbocycles. The minimum Gasteiger partial charge on any atom is -0.508 e. The maximum atomic E-state index is 9.72. The Hall–Kier alpha value is -1.87. The fourth-order valence-electron chi connectivity index (χ4n) is 2.89. The summed E-state index contributed by atoms with van der Waals surface area (Å²) in [5.74, 6) is 0.985. The quantitative estimate of drug-likeness (QED) is 0.874. The summed E-state index contributed by atoms with van der Waals surface area (Å²) >= 11 is 6.17. The van der Waals surface area contributed by atoms with Gasteiger partial charge < -0.3 is 15.2 Å². The first kappa shape index (κ1) is 14.1. The van der Waals surface area contributed by atoms with Crippen LogP contribution in [0.15, 0.2) is 36.4 Å². The number of fused-ring (bicyclic) bond motifs is 1. The van der Waals surface area contributed by atoms with Crippen molar-refractivity contribution in [2.75, 3.05) is 12.4 Å². The first-order chi connectivity index (χ1) is 10.2. The predicted octanol–water partition coefficient (Wildman–Crippen LogP) is 4.54. The molecule has 21 heavy (non-hydrogen) atoms. The molecule has 1 aliphatic carbocycles. The first-order valence-electron chi connectivity index (χ1n) is 7.09. The highest BCUT2D eigenvalue weighted by Gasteiger charge is 2.20. The van der Waals surface area contributed by atoms with Crippen LogP contribution in [0.3, 0.4) is 0 Å². The number of ether oxygens (including phenoxy) is 1. The van der Waals surface area contributed by atoms with E-state index in [1.807, 2.05) is 30.3 Å². The summed E-state index contributed by atoms with van der Waals surface area (Å²) in [6, 6.07) is 11.5. The molecule has 1 unspecified atom stereocenters. The average molecular weight is 304 g/mol. The zero-order valence-electron chi connectivity index (χ0n) is 11.9. The molecule has 2 aromatic rings. The van der Waals surface area contributed by atoms with Crippen LogP contribution in [0, 0.1) is 0 Å². The van der Waals surface area contributed by atoms with Gasteiger partial charge in [-0.2, -0.15) is 0 Å². The van der Waals surface area contributed by atoms with Crippen LogP contribution in [0.25, 0.3) is 0 Å². The number of aromatic hydroxyl groups is 1. The lowest BCUT2D eigenvalue weighted by atomic mass is 9.87. The third-order valence-corrected chi connectivity index (χ3v) is 4.23. The van der Waals surface area contributed by atoms with Gasteiger partial charge in [-0.1, -0.05) is 17.7 Å². The van der Waals surface area contributed by atoms with E-state index in [4.69, 9.17) is 16.3 Å². The molecule has 0 bridgehead atoms. The number of rotatable bonds is 3. The number of phenols is 1. The summed E-state index contributed by atoms with van der Waals surface area (Å²) in [6.45, 7) is 0. The molecule has 0 aromatic heterocycles. The molecule has 3 rings (SSSR count). The number of phenolic OH excluding ortho intramolecular Hbond substituents is 1. The van der Waals surface area contributed by atoms with E-state index in [9.17, 15) is 5.11 Å². The van der Waals surface area contributed by atoms with E-state index in [0.717, 1.165) is 24.9 Å². The van der Waals surface area contributed by atoms with Crippen LogP contribution in [-0.4, -0.2) is 12.2 Å². The maximum Gasteiger partial charge on any atom is 0.137 e. The first-order valence-corrected chi connectivity index (χ1v) is 7.47. The lowest BCUT2D eigenvalue weighted by Crippen LogP contribution is -2.17. The minimum atomic E-state index is 0.199. The SMILES string of the molecule is COc1ccc(NC2CCCc3ccc(O)cc32)cc1Cl. The van der Waals surface area contributed by atoms with Crippen LogP contribution < -0.4 is 10.1 Å². The maximum absolute atomic E-state index is 9.72. The number of hydrogen-bond acceptors (Lipinski definition) is 3. The highest BCUT2D eigenvalue weighted by Crippen LogP contribution is 2.36. The van der Waals surface area contributed by atoms with E-state index in [1.54, 1.807) is 13.2 Å². The third-order valence-electron chi connectivity index (χ3n) is 3.94. The Bertz CT molecular complexity index is 657. The van der Waals surface area contributed by atoms with Gasteiger partial charge in [0.1, 0.15) is 11.5 Å². The van der Waals surface area contributed by atoms with Crippen molar-refractivity contribution in [1.82, 2.24) is 0 Å². The summed E-state index contributed by atoms with van der Waals surface area (Å²) in [7, 11) is 1.61. The Morgan fingerprint density at radius 2 is 2.10 bits per heavy atom. The van der Waals surface area contributed by atoms with Gasteiger partial charge in [-0.05, 0) is 60.7 Å². The van der Waals surface area contributed by atoms with Crippen molar-refractivity contribution in [2.24, 2.45) is 0 Å². The lowest BCUT2D eigenvalue weighted by Gasteiger charge is -2.27. The largest absolute Gasteiger partial charge is 0.508 e. The van der Waals surface area contributed by atoms with Gasteiger partial charge in [0.15, 0.2) is 0 Å².